The van der Waals surface area contributed by atoms with E-state index in [4.69, 9.17) is 11.6 Å². The normalized spacial score (nSPS) is 10.3. The molecule has 18 heavy (non-hydrogen) atoms. The molecule has 0 unspecified atom stereocenters. The van der Waals surface area contributed by atoms with Crippen molar-refractivity contribution in [1.29, 1.82) is 0 Å². The maximum Gasteiger partial charge on any atom is 0.251 e. The number of carbonyl (C=O) groups excluding carboxylic acids is 1. The summed E-state index contributed by atoms with van der Waals surface area (Å²) in [7, 11) is 0. The van der Waals surface area contributed by atoms with Crippen molar-refractivity contribution >= 4 is 28.8 Å². The van der Waals surface area contributed by atoms with Crippen molar-refractivity contribution in [3.8, 4) is 0 Å². The molecule has 2 rings (SSSR count). The van der Waals surface area contributed by atoms with Gasteiger partial charge in [-0.2, -0.15) is 0 Å². The highest BCUT2D eigenvalue weighted by atomic mass is 35.5. The van der Waals surface area contributed by atoms with E-state index in [1.54, 1.807) is 23.5 Å². The van der Waals surface area contributed by atoms with Crippen LogP contribution in [0.4, 0.5) is 0 Å². The highest BCUT2D eigenvalue weighted by Crippen LogP contribution is 2.10. The lowest BCUT2D eigenvalue weighted by Gasteiger charge is -2.04. The standard InChI is InChI=1S/C13H13ClN2OS/c1-9-8-18-12(16-9)7-15-13(17)11-4-2-3-10(5-11)6-14/h2-5,8H,6-7H2,1H3,(H,15,17). The molecule has 0 fully saturated rings. The number of nitrogens with one attached hydrogen (secondary N) is 1. The van der Waals surface area contributed by atoms with Crippen LogP contribution in [0.25, 0.3) is 0 Å². The van der Waals surface area contributed by atoms with Gasteiger partial charge >= 0.3 is 0 Å². The van der Waals surface area contributed by atoms with Crippen LogP contribution in [0.2, 0.25) is 0 Å². The summed E-state index contributed by atoms with van der Waals surface area (Å²) >= 11 is 7.29. The van der Waals surface area contributed by atoms with Gasteiger partial charge < -0.3 is 5.32 Å². The maximum atomic E-state index is 11.9. The predicted molar refractivity (Wildman–Crippen MR) is 74.0 cm³/mol. The Kier molecular flexibility index (Phi) is 4.33. The predicted octanol–water partition coefficient (Wildman–Crippen LogP) is 3.12. The van der Waals surface area contributed by atoms with Gasteiger partial charge in [-0.25, -0.2) is 4.98 Å². The molecule has 1 amide bonds. The molecule has 0 aliphatic carbocycles. The maximum absolute atomic E-state index is 11.9. The molecule has 1 N–H and O–H groups in total. The van der Waals surface area contributed by atoms with E-state index in [1.165, 1.54) is 0 Å². The minimum Gasteiger partial charge on any atom is -0.346 e. The molecular weight excluding hydrogens is 268 g/mol. The highest BCUT2D eigenvalue weighted by Gasteiger charge is 2.07. The van der Waals surface area contributed by atoms with Gasteiger partial charge in [0.1, 0.15) is 5.01 Å². The molecule has 0 aliphatic rings. The fourth-order valence-electron chi connectivity index (χ4n) is 1.54. The third kappa shape index (κ3) is 3.31. The van der Waals surface area contributed by atoms with Gasteiger partial charge in [-0.15, -0.1) is 22.9 Å². The van der Waals surface area contributed by atoms with Gasteiger partial charge in [-0.3, -0.25) is 4.79 Å². The number of alkyl halides is 1. The second kappa shape index (κ2) is 5.98. The molecule has 0 bridgehead atoms. The number of hydrogen-bond donors (Lipinski definition) is 1. The van der Waals surface area contributed by atoms with Crippen molar-refractivity contribution in [2.45, 2.75) is 19.3 Å². The largest absolute Gasteiger partial charge is 0.346 e. The number of amides is 1. The van der Waals surface area contributed by atoms with Crippen LogP contribution >= 0.6 is 22.9 Å². The third-order valence-electron chi connectivity index (χ3n) is 2.41. The first-order valence-electron chi connectivity index (χ1n) is 5.53. The Morgan fingerprint density at radius 3 is 3.00 bits per heavy atom. The number of hydrogen-bond acceptors (Lipinski definition) is 3. The number of nitrogens with zero attached hydrogens (tertiary/aromatic N) is 1. The van der Waals surface area contributed by atoms with E-state index in [1.807, 2.05) is 24.4 Å². The summed E-state index contributed by atoms with van der Waals surface area (Å²) in [6.45, 7) is 2.40. The SMILES string of the molecule is Cc1csc(CNC(=O)c2cccc(CCl)c2)n1. The topological polar surface area (TPSA) is 42.0 Å². The van der Waals surface area contributed by atoms with Crippen LogP contribution < -0.4 is 5.32 Å². The highest BCUT2D eigenvalue weighted by molar-refractivity contribution is 7.09. The van der Waals surface area contributed by atoms with Gasteiger partial charge in [0.05, 0.1) is 6.54 Å². The summed E-state index contributed by atoms with van der Waals surface area (Å²) in [5, 5.41) is 5.73. The lowest BCUT2D eigenvalue weighted by Crippen LogP contribution is -2.22. The summed E-state index contributed by atoms with van der Waals surface area (Å²) in [5.41, 5.74) is 2.55. The number of benzene rings is 1. The molecule has 1 aromatic heterocycles. The number of thiazole rings is 1. The Morgan fingerprint density at radius 1 is 1.50 bits per heavy atom. The number of carbonyl (C=O) groups is 1. The minimum absolute atomic E-state index is 0.102. The number of halogens is 1. The van der Waals surface area contributed by atoms with E-state index in [-0.39, 0.29) is 5.91 Å². The average molecular weight is 281 g/mol. The van der Waals surface area contributed by atoms with Crippen LogP contribution in [0, 0.1) is 6.92 Å². The average Bonchev–Trinajstić information content (AvgIpc) is 2.82. The van der Waals surface area contributed by atoms with E-state index in [0.29, 0.717) is 18.0 Å². The molecule has 1 aromatic carbocycles. The molecule has 2 aromatic rings. The van der Waals surface area contributed by atoms with Crippen LogP contribution in [0.5, 0.6) is 0 Å². The lowest BCUT2D eigenvalue weighted by molar-refractivity contribution is 0.0951. The second-order valence-corrected chi connectivity index (χ2v) is 5.11. The van der Waals surface area contributed by atoms with Crippen molar-refractivity contribution in [1.82, 2.24) is 10.3 Å². The second-order valence-electron chi connectivity index (χ2n) is 3.90. The first-order valence-corrected chi connectivity index (χ1v) is 6.94. The zero-order chi connectivity index (χ0) is 13.0. The molecule has 3 nitrogen and oxygen atoms in total. The fourth-order valence-corrected chi connectivity index (χ4v) is 2.42. The zero-order valence-corrected chi connectivity index (χ0v) is 11.5. The summed E-state index contributed by atoms with van der Waals surface area (Å²) < 4.78 is 0. The van der Waals surface area contributed by atoms with Crippen molar-refractivity contribution < 1.29 is 4.79 Å². The first-order chi connectivity index (χ1) is 8.69. The number of aryl methyl sites for hydroxylation is 1. The molecular formula is C13H13ClN2OS. The van der Waals surface area contributed by atoms with Gasteiger partial charge in [0.15, 0.2) is 0 Å². The minimum atomic E-state index is -0.102. The van der Waals surface area contributed by atoms with Gasteiger partial charge in [0, 0.05) is 22.5 Å². The fraction of sp³-hybridized carbons (Fsp3) is 0.231. The van der Waals surface area contributed by atoms with Crippen LogP contribution in [-0.4, -0.2) is 10.9 Å². The Labute approximate surface area is 115 Å². The van der Waals surface area contributed by atoms with Crippen molar-refractivity contribution in [2.24, 2.45) is 0 Å². The van der Waals surface area contributed by atoms with Crippen molar-refractivity contribution in [3.05, 3.63) is 51.5 Å². The quantitative estimate of drug-likeness (QED) is 0.875. The van der Waals surface area contributed by atoms with E-state index in [2.05, 4.69) is 10.3 Å². The smallest absolute Gasteiger partial charge is 0.251 e. The molecule has 0 aliphatic heterocycles. The van der Waals surface area contributed by atoms with Gasteiger partial charge in [-0.05, 0) is 24.6 Å². The van der Waals surface area contributed by atoms with Gasteiger partial charge in [0.2, 0.25) is 0 Å². The molecule has 0 atom stereocenters. The van der Waals surface area contributed by atoms with E-state index in [9.17, 15) is 4.79 Å². The van der Waals surface area contributed by atoms with Gasteiger partial charge in [0.25, 0.3) is 5.91 Å². The Bertz CT molecular complexity index is 553. The Hall–Kier alpha value is -1.39. The summed E-state index contributed by atoms with van der Waals surface area (Å²) in [6.07, 6.45) is 0. The van der Waals surface area contributed by atoms with Crippen LogP contribution in [0.15, 0.2) is 29.6 Å². The summed E-state index contributed by atoms with van der Waals surface area (Å²) in [4.78, 5) is 16.2. The molecule has 94 valence electrons. The molecule has 0 saturated heterocycles. The van der Waals surface area contributed by atoms with Crippen LogP contribution in [-0.2, 0) is 12.4 Å². The Balaban J connectivity index is 1.99. The Morgan fingerprint density at radius 2 is 2.33 bits per heavy atom. The van der Waals surface area contributed by atoms with Gasteiger partial charge in [-0.1, -0.05) is 12.1 Å². The van der Waals surface area contributed by atoms with Crippen LogP contribution in [0.1, 0.15) is 26.6 Å². The first kappa shape index (κ1) is 13.1. The molecule has 5 heteroatoms. The molecule has 0 radical (unpaired) electrons. The van der Waals surface area contributed by atoms with Crippen molar-refractivity contribution in [3.63, 3.8) is 0 Å². The number of aromatic nitrogens is 1. The zero-order valence-electron chi connectivity index (χ0n) is 9.94. The van der Waals surface area contributed by atoms with E-state index >= 15 is 0 Å². The number of rotatable bonds is 4. The van der Waals surface area contributed by atoms with Crippen LogP contribution in [0.3, 0.4) is 0 Å². The molecule has 1 heterocycles. The molecule has 0 spiro atoms. The van der Waals surface area contributed by atoms with E-state index < -0.39 is 0 Å². The summed E-state index contributed by atoms with van der Waals surface area (Å²) in [5.74, 6) is 0.307. The van der Waals surface area contributed by atoms with Crippen molar-refractivity contribution in [2.75, 3.05) is 0 Å². The third-order valence-corrected chi connectivity index (χ3v) is 3.69. The van der Waals surface area contributed by atoms with E-state index in [0.717, 1.165) is 16.3 Å². The molecule has 0 saturated carbocycles. The lowest BCUT2D eigenvalue weighted by atomic mass is 10.1. The monoisotopic (exact) mass is 280 g/mol. The summed E-state index contributed by atoms with van der Waals surface area (Å²) in [6, 6.07) is 7.31.